The number of hydrogen-bond acceptors (Lipinski definition) is 3. The van der Waals surface area contributed by atoms with Gasteiger partial charge in [0.25, 0.3) is 5.91 Å². The van der Waals surface area contributed by atoms with Crippen LogP contribution >= 0.6 is 24.0 Å². The van der Waals surface area contributed by atoms with Gasteiger partial charge in [-0.25, -0.2) is 0 Å². The minimum atomic E-state index is -0.255. The van der Waals surface area contributed by atoms with Crippen molar-refractivity contribution in [3.05, 3.63) is 28.8 Å². The Bertz CT molecular complexity index is 537. The van der Waals surface area contributed by atoms with E-state index >= 15 is 0 Å². The minimum Gasteiger partial charge on any atom is -0.399 e. The van der Waals surface area contributed by atoms with Crippen molar-refractivity contribution in [1.29, 1.82) is 0 Å². The normalized spacial score (nSPS) is 15.5. The number of carbonyl (C=O) groups is 2. The van der Waals surface area contributed by atoms with E-state index in [1.54, 1.807) is 23.1 Å². The molecule has 1 heterocycles. The SMILES string of the molecule is CC(CN1CCCC1=O)NC(=O)c1ccc(N)cc1Cl.Cl. The van der Waals surface area contributed by atoms with Crippen LogP contribution in [0.4, 0.5) is 5.69 Å². The standard InChI is InChI=1S/C14H18ClN3O2.ClH/c1-9(8-18-6-2-3-13(18)19)17-14(20)11-5-4-10(16)7-12(11)15;/h4-5,7,9H,2-3,6,8,16H2,1H3,(H,17,20);1H. The van der Waals surface area contributed by atoms with Crippen LogP contribution in [0.3, 0.4) is 0 Å². The van der Waals surface area contributed by atoms with Gasteiger partial charge in [0, 0.05) is 31.2 Å². The number of nitrogens with zero attached hydrogens (tertiary/aromatic N) is 1. The fourth-order valence-electron chi connectivity index (χ4n) is 2.29. The van der Waals surface area contributed by atoms with E-state index in [9.17, 15) is 9.59 Å². The largest absolute Gasteiger partial charge is 0.399 e. The fourth-order valence-corrected chi connectivity index (χ4v) is 2.57. The summed E-state index contributed by atoms with van der Waals surface area (Å²) in [6, 6.07) is 4.65. The van der Waals surface area contributed by atoms with E-state index in [1.807, 2.05) is 6.92 Å². The molecule has 0 aromatic heterocycles. The number of nitrogens with two attached hydrogens (primary N) is 1. The summed E-state index contributed by atoms with van der Waals surface area (Å²) in [5.74, 6) is -0.106. The van der Waals surface area contributed by atoms with Gasteiger partial charge in [0.15, 0.2) is 0 Å². The molecule has 7 heteroatoms. The number of carbonyl (C=O) groups excluding carboxylic acids is 2. The molecule has 1 fully saturated rings. The third kappa shape index (κ3) is 4.51. The van der Waals surface area contributed by atoms with E-state index in [4.69, 9.17) is 17.3 Å². The second-order valence-electron chi connectivity index (χ2n) is 5.06. The Morgan fingerprint density at radius 2 is 2.24 bits per heavy atom. The van der Waals surface area contributed by atoms with Gasteiger partial charge in [0.2, 0.25) is 5.91 Å². The molecule has 1 aromatic carbocycles. The van der Waals surface area contributed by atoms with Crippen LogP contribution in [0.1, 0.15) is 30.1 Å². The lowest BCUT2D eigenvalue weighted by Gasteiger charge is -2.21. The monoisotopic (exact) mass is 331 g/mol. The van der Waals surface area contributed by atoms with Gasteiger partial charge in [0.1, 0.15) is 0 Å². The quantitative estimate of drug-likeness (QED) is 0.829. The molecule has 116 valence electrons. The van der Waals surface area contributed by atoms with Crippen LogP contribution in [0, 0.1) is 0 Å². The van der Waals surface area contributed by atoms with Crippen LogP contribution in [0.15, 0.2) is 18.2 Å². The molecule has 1 atom stereocenters. The molecule has 0 aliphatic carbocycles. The number of rotatable bonds is 4. The average Bonchev–Trinajstić information content (AvgIpc) is 2.74. The van der Waals surface area contributed by atoms with E-state index < -0.39 is 0 Å². The smallest absolute Gasteiger partial charge is 0.253 e. The second-order valence-corrected chi connectivity index (χ2v) is 5.46. The number of amides is 2. The summed E-state index contributed by atoms with van der Waals surface area (Å²) in [5.41, 5.74) is 6.50. The van der Waals surface area contributed by atoms with Crippen LogP contribution in [0.25, 0.3) is 0 Å². The first-order valence-corrected chi connectivity index (χ1v) is 6.99. The molecule has 2 amide bonds. The van der Waals surface area contributed by atoms with Crippen LogP contribution in [0.2, 0.25) is 5.02 Å². The van der Waals surface area contributed by atoms with Gasteiger partial charge in [-0.05, 0) is 31.5 Å². The van der Waals surface area contributed by atoms with E-state index in [1.165, 1.54) is 0 Å². The van der Waals surface area contributed by atoms with Crippen molar-refractivity contribution < 1.29 is 9.59 Å². The predicted octanol–water partition coefficient (Wildman–Crippen LogP) is 2.08. The van der Waals surface area contributed by atoms with E-state index in [-0.39, 0.29) is 30.3 Å². The maximum absolute atomic E-state index is 12.1. The fraction of sp³-hybridized carbons (Fsp3) is 0.429. The van der Waals surface area contributed by atoms with Gasteiger partial charge >= 0.3 is 0 Å². The summed E-state index contributed by atoms with van der Waals surface area (Å²) >= 11 is 6.00. The summed E-state index contributed by atoms with van der Waals surface area (Å²) in [5, 5.41) is 3.17. The topological polar surface area (TPSA) is 75.4 Å². The molecular formula is C14H19Cl2N3O2. The van der Waals surface area contributed by atoms with Crippen molar-refractivity contribution >= 4 is 41.5 Å². The molecule has 21 heavy (non-hydrogen) atoms. The summed E-state index contributed by atoms with van der Waals surface area (Å²) in [4.78, 5) is 25.4. The summed E-state index contributed by atoms with van der Waals surface area (Å²) in [6.07, 6.45) is 1.49. The average molecular weight is 332 g/mol. The Kier molecular flexibility index (Phi) is 6.30. The van der Waals surface area contributed by atoms with Crippen molar-refractivity contribution in [3.8, 4) is 0 Å². The maximum Gasteiger partial charge on any atom is 0.253 e. The summed E-state index contributed by atoms with van der Waals surface area (Å²) in [7, 11) is 0. The number of anilines is 1. The zero-order chi connectivity index (χ0) is 14.7. The van der Waals surface area contributed by atoms with Crippen LogP contribution in [-0.2, 0) is 4.79 Å². The van der Waals surface area contributed by atoms with Crippen molar-refractivity contribution in [2.24, 2.45) is 0 Å². The first-order chi connectivity index (χ1) is 9.47. The maximum atomic E-state index is 12.1. The third-order valence-corrected chi connectivity index (χ3v) is 3.59. The van der Waals surface area contributed by atoms with Crippen LogP contribution in [-0.4, -0.2) is 35.8 Å². The zero-order valence-electron chi connectivity index (χ0n) is 11.8. The van der Waals surface area contributed by atoms with E-state index in [2.05, 4.69) is 5.32 Å². The van der Waals surface area contributed by atoms with Gasteiger partial charge < -0.3 is 16.0 Å². The second kappa shape index (κ2) is 7.52. The van der Waals surface area contributed by atoms with E-state index in [0.717, 1.165) is 13.0 Å². The molecule has 1 aliphatic rings. The molecule has 5 nitrogen and oxygen atoms in total. The highest BCUT2D eigenvalue weighted by Gasteiger charge is 2.22. The highest BCUT2D eigenvalue weighted by molar-refractivity contribution is 6.34. The van der Waals surface area contributed by atoms with Crippen molar-refractivity contribution in [3.63, 3.8) is 0 Å². The number of hydrogen-bond donors (Lipinski definition) is 2. The Morgan fingerprint density at radius 1 is 1.52 bits per heavy atom. The number of benzene rings is 1. The highest BCUT2D eigenvalue weighted by Crippen LogP contribution is 2.19. The first-order valence-electron chi connectivity index (χ1n) is 6.61. The first kappa shape index (κ1) is 17.6. The zero-order valence-corrected chi connectivity index (χ0v) is 13.3. The lowest BCUT2D eigenvalue weighted by Crippen LogP contribution is -2.42. The molecule has 3 N–H and O–H groups in total. The Balaban J connectivity index is 0.00000220. The van der Waals surface area contributed by atoms with Gasteiger partial charge in [-0.15, -0.1) is 12.4 Å². The minimum absolute atomic E-state index is 0. The Morgan fingerprint density at radius 3 is 2.81 bits per heavy atom. The summed E-state index contributed by atoms with van der Waals surface area (Å²) < 4.78 is 0. The molecule has 0 saturated carbocycles. The van der Waals surface area contributed by atoms with Crippen LogP contribution in [0.5, 0.6) is 0 Å². The Labute approximate surface area is 135 Å². The molecule has 2 rings (SSSR count). The summed E-state index contributed by atoms with van der Waals surface area (Å²) in [6.45, 7) is 3.16. The molecule has 0 radical (unpaired) electrons. The molecule has 0 bridgehead atoms. The number of likely N-dealkylation sites (tertiary alicyclic amines) is 1. The van der Waals surface area contributed by atoms with E-state index in [0.29, 0.717) is 29.2 Å². The van der Waals surface area contributed by atoms with Gasteiger partial charge in [0.05, 0.1) is 10.6 Å². The van der Waals surface area contributed by atoms with Gasteiger partial charge in [-0.1, -0.05) is 11.6 Å². The molecule has 1 saturated heterocycles. The number of nitrogens with one attached hydrogen (secondary N) is 1. The number of halogens is 2. The molecule has 1 aliphatic heterocycles. The molecule has 1 aromatic rings. The lowest BCUT2D eigenvalue weighted by molar-refractivity contribution is -0.127. The van der Waals surface area contributed by atoms with Crippen LogP contribution < -0.4 is 11.1 Å². The molecule has 1 unspecified atom stereocenters. The number of nitrogen functional groups attached to an aromatic ring is 1. The van der Waals surface area contributed by atoms with Crippen molar-refractivity contribution in [1.82, 2.24) is 10.2 Å². The predicted molar refractivity (Wildman–Crippen MR) is 85.9 cm³/mol. The molecular weight excluding hydrogens is 313 g/mol. The lowest BCUT2D eigenvalue weighted by atomic mass is 10.2. The molecule has 0 spiro atoms. The Hall–Kier alpha value is -1.46. The highest BCUT2D eigenvalue weighted by atomic mass is 35.5. The van der Waals surface area contributed by atoms with Crippen molar-refractivity contribution in [2.75, 3.05) is 18.8 Å². The van der Waals surface area contributed by atoms with Crippen molar-refractivity contribution in [2.45, 2.75) is 25.8 Å². The third-order valence-electron chi connectivity index (χ3n) is 3.28. The van der Waals surface area contributed by atoms with Gasteiger partial charge in [-0.3, -0.25) is 9.59 Å². The van der Waals surface area contributed by atoms with Gasteiger partial charge in [-0.2, -0.15) is 0 Å².